The summed E-state index contributed by atoms with van der Waals surface area (Å²) >= 11 is 0. The van der Waals surface area contributed by atoms with Crippen molar-refractivity contribution in [2.45, 2.75) is 12.5 Å². The van der Waals surface area contributed by atoms with Gasteiger partial charge in [0.15, 0.2) is 11.5 Å². The third-order valence-electron chi connectivity index (χ3n) is 4.15. The van der Waals surface area contributed by atoms with E-state index in [9.17, 15) is 4.79 Å². The molecule has 1 aliphatic heterocycles. The molecule has 0 radical (unpaired) electrons. The number of amides is 1. The molecule has 1 aliphatic rings. The molecule has 6 nitrogen and oxygen atoms in total. The highest BCUT2D eigenvalue weighted by molar-refractivity contribution is 5.81. The van der Waals surface area contributed by atoms with Gasteiger partial charge in [-0.1, -0.05) is 30.3 Å². The second-order valence-corrected chi connectivity index (χ2v) is 5.99. The molecule has 132 valence electrons. The third-order valence-corrected chi connectivity index (χ3v) is 4.15. The van der Waals surface area contributed by atoms with E-state index in [1.807, 2.05) is 65.5 Å². The zero-order valence-corrected chi connectivity index (χ0v) is 14.2. The van der Waals surface area contributed by atoms with E-state index < -0.39 is 6.10 Å². The number of benzene rings is 2. The van der Waals surface area contributed by atoms with Gasteiger partial charge in [0.2, 0.25) is 6.10 Å². The number of hydrogen-bond acceptors (Lipinski definition) is 4. The molecule has 0 saturated heterocycles. The van der Waals surface area contributed by atoms with Crippen LogP contribution in [0.2, 0.25) is 0 Å². The van der Waals surface area contributed by atoms with Crippen LogP contribution in [0.4, 0.5) is 0 Å². The number of ether oxygens (including phenoxy) is 2. The molecule has 4 rings (SSSR count). The molecular weight excluding hydrogens is 330 g/mol. The van der Waals surface area contributed by atoms with Crippen LogP contribution in [-0.4, -0.2) is 34.9 Å². The maximum absolute atomic E-state index is 12.3. The molecule has 2 aromatic carbocycles. The number of fused-ring (bicyclic) bond motifs is 1. The summed E-state index contributed by atoms with van der Waals surface area (Å²) < 4.78 is 13.1. The number of nitrogens with zero attached hydrogens (tertiary/aromatic N) is 2. The van der Waals surface area contributed by atoms with E-state index >= 15 is 0 Å². The highest BCUT2D eigenvalue weighted by Crippen LogP contribution is 2.30. The van der Waals surface area contributed by atoms with Gasteiger partial charge in [0, 0.05) is 19.2 Å². The SMILES string of the molecule is O=C(NCCc1ccn(-c2ccccc2)n1)C1COc2ccccc2O1. The fourth-order valence-electron chi connectivity index (χ4n) is 2.80. The summed E-state index contributed by atoms with van der Waals surface area (Å²) in [5.74, 6) is 1.09. The minimum Gasteiger partial charge on any atom is -0.485 e. The van der Waals surface area contributed by atoms with Crippen LogP contribution >= 0.6 is 0 Å². The lowest BCUT2D eigenvalue weighted by atomic mass is 10.2. The number of hydrogen-bond donors (Lipinski definition) is 1. The van der Waals surface area contributed by atoms with Crippen LogP contribution < -0.4 is 14.8 Å². The van der Waals surface area contributed by atoms with Crippen LogP contribution in [0.1, 0.15) is 5.69 Å². The third kappa shape index (κ3) is 3.54. The van der Waals surface area contributed by atoms with Crippen molar-refractivity contribution < 1.29 is 14.3 Å². The Morgan fingerprint density at radius 2 is 1.85 bits per heavy atom. The van der Waals surface area contributed by atoms with Gasteiger partial charge in [-0.3, -0.25) is 4.79 Å². The molecule has 0 spiro atoms. The molecule has 1 unspecified atom stereocenters. The molecule has 0 aliphatic carbocycles. The Kier molecular flexibility index (Phi) is 4.55. The fraction of sp³-hybridized carbons (Fsp3) is 0.200. The number of carbonyl (C=O) groups is 1. The van der Waals surface area contributed by atoms with Crippen LogP contribution in [0.25, 0.3) is 5.69 Å². The first kappa shape index (κ1) is 16.2. The van der Waals surface area contributed by atoms with Crippen LogP contribution in [0.15, 0.2) is 66.9 Å². The predicted octanol–water partition coefficient (Wildman–Crippen LogP) is 2.37. The van der Waals surface area contributed by atoms with E-state index in [2.05, 4.69) is 10.4 Å². The largest absolute Gasteiger partial charge is 0.485 e. The standard InChI is InChI=1S/C20H19N3O3/c24-20(19-14-25-17-8-4-5-9-18(17)26-19)21-12-10-15-11-13-23(22-15)16-6-2-1-3-7-16/h1-9,11,13,19H,10,12,14H2,(H,21,24). The molecule has 1 N–H and O–H groups in total. The van der Waals surface area contributed by atoms with Crippen molar-refractivity contribution in [2.24, 2.45) is 0 Å². The van der Waals surface area contributed by atoms with Crippen molar-refractivity contribution in [2.75, 3.05) is 13.2 Å². The number of nitrogens with one attached hydrogen (secondary N) is 1. The van der Waals surface area contributed by atoms with Gasteiger partial charge in [0.25, 0.3) is 5.91 Å². The van der Waals surface area contributed by atoms with E-state index in [1.54, 1.807) is 6.07 Å². The number of carbonyl (C=O) groups excluding carboxylic acids is 1. The van der Waals surface area contributed by atoms with Gasteiger partial charge in [-0.15, -0.1) is 0 Å². The topological polar surface area (TPSA) is 65.4 Å². The Labute approximate surface area is 151 Å². The molecule has 0 saturated carbocycles. The summed E-state index contributed by atoms with van der Waals surface area (Å²) in [6.07, 6.45) is 1.93. The summed E-state index contributed by atoms with van der Waals surface area (Å²) in [7, 11) is 0. The highest BCUT2D eigenvalue weighted by Gasteiger charge is 2.26. The van der Waals surface area contributed by atoms with E-state index in [-0.39, 0.29) is 12.5 Å². The fourth-order valence-corrected chi connectivity index (χ4v) is 2.80. The minimum atomic E-state index is -0.633. The first-order valence-corrected chi connectivity index (χ1v) is 8.56. The van der Waals surface area contributed by atoms with Crippen molar-refractivity contribution in [3.63, 3.8) is 0 Å². The zero-order valence-electron chi connectivity index (χ0n) is 14.2. The Bertz CT molecular complexity index is 892. The molecule has 1 atom stereocenters. The lowest BCUT2D eigenvalue weighted by molar-refractivity contribution is -0.130. The Hall–Kier alpha value is -3.28. The molecule has 6 heteroatoms. The smallest absolute Gasteiger partial charge is 0.264 e. The molecule has 2 heterocycles. The lowest BCUT2D eigenvalue weighted by Crippen LogP contribution is -2.44. The van der Waals surface area contributed by atoms with E-state index in [4.69, 9.17) is 9.47 Å². The minimum absolute atomic E-state index is 0.179. The van der Waals surface area contributed by atoms with Crippen molar-refractivity contribution in [1.82, 2.24) is 15.1 Å². The zero-order chi connectivity index (χ0) is 17.8. The van der Waals surface area contributed by atoms with Crippen molar-refractivity contribution in [1.29, 1.82) is 0 Å². The summed E-state index contributed by atoms with van der Waals surface area (Å²) in [5, 5.41) is 7.42. The van der Waals surface area contributed by atoms with Gasteiger partial charge in [-0.05, 0) is 30.3 Å². The second kappa shape index (κ2) is 7.31. The molecule has 26 heavy (non-hydrogen) atoms. The molecule has 0 fully saturated rings. The maximum atomic E-state index is 12.3. The maximum Gasteiger partial charge on any atom is 0.264 e. The Balaban J connectivity index is 1.29. The summed E-state index contributed by atoms with van der Waals surface area (Å²) in [6, 6.07) is 19.2. The summed E-state index contributed by atoms with van der Waals surface area (Å²) in [5.41, 5.74) is 1.93. The number of para-hydroxylation sites is 3. The van der Waals surface area contributed by atoms with Crippen LogP contribution in [0.3, 0.4) is 0 Å². The van der Waals surface area contributed by atoms with Crippen molar-refractivity contribution >= 4 is 5.91 Å². The normalized spacial score (nSPS) is 15.5. The Morgan fingerprint density at radius 1 is 1.08 bits per heavy atom. The van der Waals surface area contributed by atoms with Crippen LogP contribution in [0.5, 0.6) is 11.5 Å². The van der Waals surface area contributed by atoms with Crippen LogP contribution in [-0.2, 0) is 11.2 Å². The monoisotopic (exact) mass is 349 g/mol. The average Bonchev–Trinajstić information content (AvgIpc) is 3.17. The first-order chi connectivity index (χ1) is 12.8. The lowest BCUT2D eigenvalue weighted by Gasteiger charge is -2.25. The van der Waals surface area contributed by atoms with E-state index in [0.29, 0.717) is 24.5 Å². The molecule has 0 bridgehead atoms. The van der Waals surface area contributed by atoms with Gasteiger partial charge in [0.05, 0.1) is 11.4 Å². The second-order valence-electron chi connectivity index (χ2n) is 5.99. The van der Waals surface area contributed by atoms with Gasteiger partial charge in [0.1, 0.15) is 6.61 Å². The van der Waals surface area contributed by atoms with Crippen molar-refractivity contribution in [3.8, 4) is 17.2 Å². The molecular formula is C20H19N3O3. The summed E-state index contributed by atoms with van der Waals surface area (Å²) in [6.45, 7) is 0.706. The van der Waals surface area contributed by atoms with Gasteiger partial charge < -0.3 is 14.8 Å². The van der Waals surface area contributed by atoms with Gasteiger partial charge in [-0.25, -0.2) is 4.68 Å². The molecule has 3 aromatic rings. The number of aromatic nitrogens is 2. The Morgan fingerprint density at radius 3 is 2.69 bits per heavy atom. The van der Waals surface area contributed by atoms with E-state index in [0.717, 1.165) is 11.4 Å². The van der Waals surface area contributed by atoms with E-state index in [1.165, 1.54) is 0 Å². The predicted molar refractivity (Wildman–Crippen MR) is 96.6 cm³/mol. The highest BCUT2D eigenvalue weighted by atomic mass is 16.6. The average molecular weight is 349 g/mol. The first-order valence-electron chi connectivity index (χ1n) is 8.56. The molecule has 1 amide bonds. The van der Waals surface area contributed by atoms with Crippen LogP contribution in [0, 0.1) is 0 Å². The van der Waals surface area contributed by atoms with Gasteiger partial charge >= 0.3 is 0 Å². The van der Waals surface area contributed by atoms with Gasteiger partial charge in [-0.2, -0.15) is 5.10 Å². The quantitative estimate of drug-likeness (QED) is 0.768. The number of rotatable bonds is 5. The molecule has 1 aromatic heterocycles. The van der Waals surface area contributed by atoms with Crippen molar-refractivity contribution in [3.05, 3.63) is 72.6 Å². The summed E-state index contributed by atoms with van der Waals surface area (Å²) in [4.78, 5) is 12.3.